The van der Waals surface area contributed by atoms with Gasteiger partial charge in [0.25, 0.3) is 0 Å². The fourth-order valence-electron chi connectivity index (χ4n) is 2.40. The van der Waals surface area contributed by atoms with Gasteiger partial charge >= 0.3 is 5.97 Å². The van der Waals surface area contributed by atoms with E-state index in [2.05, 4.69) is 5.32 Å². The number of rotatable bonds is 6. The summed E-state index contributed by atoms with van der Waals surface area (Å²) in [6.07, 6.45) is 0.272. The third kappa shape index (κ3) is 3.04. The van der Waals surface area contributed by atoms with Gasteiger partial charge in [0.2, 0.25) is 6.79 Å². The van der Waals surface area contributed by atoms with Crippen molar-refractivity contribution < 1.29 is 19.0 Å². The molecule has 0 fully saturated rings. The van der Waals surface area contributed by atoms with Crippen LogP contribution in [0.2, 0.25) is 0 Å². The third-order valence-corrected chi connectivity index (χ3v) is 3.38. The molecule has 2 rings (SSSR count). The molecule has 20 heavy (non-hydrogen) atoms. The van der Waals surface area contributed by atoms with Crippen molar-refractivity contribution in [1.29, 1.82) is 0 Å². The summed E-state index contributed by atoms with van der Waals surface area (Å²) in [5, 5.41) is 3.36. The van der Waals surface area contributed by atoms with Crippen LogP contribution in [-0.2, 0) is 15.1 Å². The van der Waals surface area contributed by atoms with Crippen molar-refractivity contribution in [3.63, 3.8) is 0 Å². The zero-order valence-corrected chi connectivity index (χ0v) is 12.2. The van der Waals surface area contributed by atoms with Crippen molar-refractivity contribution in [2.45, 2.75) is 32.7 Å². The van der Waals surface area contributed by atoms with Gasteiger partial charge in [0.05, 0.1) is 18.6 Å². The van der Waals surface area contributed by atoms with E-state index in [0.717, 1.165) is 23.6 Å². The maximum atomic E-state index is 11.8. The molecule has 0 saturated carbocycles. The molecule has 0 saturated heterocycles. The summed E-state index contributed by atoms with van der Waals surface area (Å²) in [6.45, 7) is 7.20. The number of fused-ring (bicyclic) bond motifs is 1. The second-order valence-electron chi connectivity index (χ2n) is 4.91. The molecule has 0 radical (unpaired) electrons. The van der Waals surface area contributed by atoms with Gasteiger partial charge in [-0.2, -0.15) is 0 Å². The zero-order valence-electron chi connectivity index (χ0n) is 12.2. The topological polar surface area (TPSA) is 56.8 Å². The Kier molecular flexibility index (Phi) is 4.49. The van der Waals surface area contributed by atoms with E-state index in [1.165, 1.54) is 0 Å². The van der Waals surface area contributed by atoms with Gasteiger partial charge in [0.1, 0.15) is 0 Å². The third-order valence-electron chi connectivity index (χ3n) is 3.38. The highest BCUT2D eigenvalue weighted by molar-refractivity contribution is 5.71. The summed E-state index contributed by atoms with van der Waals surface area (Å²) in [7, 11) is 0. The lowest BCUT2D eigenvalue weighted by Crippen LogP contribution is -2.41. The standard InChI is InChI=1S/C15H21NO4/c1-4-16-15(3,9-14(17)18-5-2)11-6-7-12-13(8-11)20-10-19-12/h6-8,16H,4-5,9-10H2,1-3H3. The van der Waals surface area contributed by atoms with Crippen LogP contribution in [0.4, 0.5) is 0 Å². The predicted molar refractivity (Wildman–Crippen MR) is 74.8 cm³/mol. The van der Waals surface area contributed by atoms with Crippen LogP contribution < -0.4 is 14.8 Å². The number of hydrogen-bond acceptors (Lipinski definition) is 5. The number of ether oxygens (including phenoxy) is 3. The molecule has 1 N–H and O–H groups in total. The second kappa shape index (κ2) is 6.13. The van der Waals surface area contributed by atoms with E-state index in [1.807, 2.05) is 39.0 Å². The minimum absolute atomic E-state index is 0.214. The fourth-order valence-corrected chi connectivity index (χ4v) is 2.40. The quantitative estimate of drug-likeness (QED) is 0.809. The van der Waals surface area contributed by atoms with Crippen molar-refractivity contribution in [3.05, 3.63) is 23.8 Å². The zero-order chi connectivity index (χ0) is 14.6. The van der Waals surface area contributed by atoms with Gasteiger partial charge in [-0.15, -0.1) is 0 Å². The van der Waals surface area contributed by atoms with Crippen LogP contribution in [0.5, 0.6) is 11.5 Å². The molecule has 0 aliphatic carbocycles. The molecule has 0 amide bonds. The Morgan fingerprint density at radius 1 is 1.35 bits per heavy atom. The molecule has 5 nitrogen and oxygen atoms in total. The van der Waals surface area contributed by atoms with Gasteiger partial charge in [-0.3, -0.25) is 4.79 Å². The first-order valence-corrected chi connectivity index (χ1v) is 6.90. The van der Waals surface area contributed by atoms with Gasteiger partial charge in [-0.25, -0.2) is 0 Å². The Bertz CT molecular complexity index is 489. The minimum atomic E-state index is -0.484. The van der Waals surface area contributed by atoms with Crippen molar-refractivity contribution in [2.75, 3.05) is 19.9 Å². The number of carbonyl (C=O) groups is 1. The van der Waals surface area contributed by atoms with Crippen LogP contribution >= 0.6 is 0 Å². The minimum Gasteiger partial charge on any atom is -0.466 e. The molecule has 0 bridgehead atoms. The summed E-state index contributed by atoms with van der Waals surface area (Å²) in [6, 6.07) is 5.75. The number of esters is 1. The Morgan fingerprint density at radius 2 is 2.10 bits per heavy atom. The molecule has 1 aromatic rings. The Morgan fingerprint density at radius 3 is 2.80 bits per heavy atom. The molecule has 110 valence electrons. The van der Waals surface area contributed by atoms with Crippen LogP contribution in [-0.4, -0.2) is 25.9 Å². The summed E-state index contributed by atoms with van der Waals surface area (Å²) in [4.78, 5) is 11.8. The number of carbonyl (C=O) groups excluding carboxylic acids is 1. The maximum absolute atomic E-state index is 11.8. The van der Waals surface area contributed by atoms with Crippen LogP contribution in [0.25, 0.3) is 0 Å². The number of nitrogens with one attached hydrogen (secondary N) is 1. The van der Waals surface area contributed by atoms with Gasteiger partial charge in [-0.1, -0.05) is 13.0 Å². The molecule has 0 spiro atoms. The molecule has 1 aliphatic rings. The second-order valence-corrected chi connectivity index (χ2v) is 4.91. The molecular formula is C15H21NO4. The highest BCUT2D eigenvalue weighted by Gasteiger charge is 2.31. The first-order valence-electron chi connectivity index (χ1n) is 6.90. The summed E-state index contributed by atoms with van der Waals surface area (Å²) < 4.78 is 15.8. The lowest BCUT2D eigenvalue weighted by molar-refractivity contribution is -0.144. The average Bonchev–Trinajstić information content (AvgIpc) is 2.86. The van der Waals surface area contributed by atoms with Crippen molar-refractivity contribution in [3.8, 4) is 11.5 Å². The SMILES string of the molecule is CCNC(C)(CC(=O)OCC)c1ccc2c(c1)OCO2. The van der Waals surface area contributed by atoms with E-state index in [0.29, 0.717) is 6.61 Å². The van der Waals surface area contributed by atoms with Crippen LogP contribution in [0.15, 0.2) is 18.2 Å². The first kappa shape index (κ1) is 14.7. The number of benzene rings is 1. The van der Waals surface area contributed by atoms with E-state index in [9.17, 15) is 4.79 Å². The molecule has 1 heterocycles. The van der Waals surface area contributed by atoms with E-state index < -0.39 is 5.54 Å². The van der Waals surface area contributed by atoms with Gasteiger partial charge in [-0.05, 0) is 38.1 Å². The van der Waals surface area contributed by atoms with E-state index >= 15 is 0 Å². The first-order chi connectivity index (χ1) is 9.59. The highest BCUT2D eigenvalue weighted by Crippen LogP contribution is 2.36. The van der Waals surface area contributed by atoms with E-state index in [4.69, 9.17) is 14.2 Å². The number of hydrogen-bond donors (Lipinski definition) is 1. The van der Waals surface area contributed by atoms with Gasteiger partial charge < -0.3 is 19.5 Å². The molecule has 1 aromatic carbocycles. The molecule has 1 unspecified atom stereocenters. The summed E-state index contributed by atoms with van der Waals surface area (Å²) in [5.74, 6) is 1.24. The van der Waals surface area contributed by atoms with E-state index in [1.54, 1.807) is 0 Å². The lowest BCUT2D eigenvalue weighted by Gasteiger charge is -2.30. The molecule has 1 aliphatic heterocycles. The maximum Gasteiger partial charge on any atom is 0.307 e. The Balaban J connectivity index is 2.24. The molecule has 0 aromatic heterocycles. The Hall–Kier alpha value is -1.75. The van der Waals surface area contributed by atoms with Gasteiger partial charge in [0.15, 0.2) is 11.5 Å². The van der Waals surface area contributed by atoms with Crippen LogP contribution in [0.3, 0.4) is 0 Å². The largest absolute Gasteiger partial charge is 0.466 e. The molecule has 5 heteroatoms. The molecular weight excluding hydrogens is 258 g/mol. The van der Waals surface area contributed by atoms with Gasteiger partial charge in [0, 0.05) is 0 Å². The van der Waals surface area contributed by atoms with Crippen molar-refractivity contribution >= 4 is 5.97 Å². The van der Waals surface area contributed by atoms with Crippen LogP contribution in [0.1, 0.15) is 32.8 Å². The van der Waals surface area contributed by atoms with E-state index in [-0.39, 0.29) is 19.2 Å². The smallest absolute Gasteiger partial charge is 0.307 e. The van der Waals surface area contributed by atoms with Crippen LogP contribution in [0, 0.1) is 0 Å². The average molecular weight is 279 g/mol. The van der Waals surface area contributed by atoms with Crippen molar-refractivity contribution in [2.24, 2.45) is 0 Å². The van der Waals surface area contributed by atoms with Crippen molar-refractivity contribution in [1.82, 2.24) is 5.32 Å². The summed E-state index contributed by atoms with van der Waals surface area (Å²) >= 11 is 0. The normalized spacial score (nSPS) is 15.8. The predicted octanol–water partition coefficient (Wildman–Crippen LogP) is 2.19. The summed E-state index contributed by atoms with van der Waals surface area (Å²) in [5.41, 5.74) is 0.499. The fraction of sp³-hybridized carbons (Fsp3) is 0.533. The molecule has 1 atom stereocenters. The lowest BCUT2D eigenvalue weighted by atomic mass is 9.88. The monoisotopic (exact) mass is 279 g/mol. The highest BCUT2D eigenvalue weighted by atomic mass is 16.7. The Labute approximate surface area is 119 Å².